The van der Waals surface area contributed by atoms with Crippen molar-refractivity contribution in [2.45, 2.75) is 51.1 Å². The van der Waals surface area contributed by atoms with Crippen LogP contribution in [0.5, 0.6) is 0 Å². The highest BCUT2D eigenvalue weighted by Gasteiger charge is 2.16. The standard InChI is InChI=1S/C24H27ClN4/c25-19-13-11-18(12-14-19)23-17-29-22-10-5-4-9-21(22)27-24(29)28(23)16-6-15-26-20-7-2-1-3-8-20/h4-5,9-14,17,20,26H,1-3,6-8,15-16H2. The maximum absolute atomic E-state index is 6.12. The van der Waals surface area contributed by atoms with Gasteiger partial charge in [-0.15, -0.1) is 0 Å². The van der Waals surface area contributed by atoms with E-state index in [1.807, 2.05) is 18.2 Å². The van der Waals surface area contributed by atoms with E-state index in [9.17, 15) is 0 Å². The number of hydrogen-bond donors (Lipinski definition) is 1. The number of imidazole rings is 2. The van der Waals surface area contributed by atoms with Gasteiger partial charge < -0.3 is 9.88 Å². The molecule has 0 aliphatic heterocycles. The highest BCUT2D eigenvalue weighted by atomic mass is 35.5. The molecular formula is C24H27ClN4. The lowest BCUT2D eigenvalue weighted by molar-refractivity contribution is 0.369. The van der Waals surface area contributed by atoms with Gasteiger partial charge in [-0.2, -0.15) is 0 Å². The Labute approximate surface area is 176 Å². The van der Waals surface area contributed by atoms with Crippen LogP contribution in [0.2, 0.25) is 5.02 Å². The molecule has 0 amide bonds. The van der Waals surface area contributed by atoms with Crippen LogP contribution in [-0.2, 0) is 6.54 Å². The third-order valence-corrected chi connectivity index (χ3v) is 6.35. The number of aromatic nitrogens is 3. The quantitative estimate of drug-likeness (QED) is 0.403. The third kappa shape index (κ3) is 3.79. The van der Waals surface area contributed by atoms with Crippen LogP contribution in [0.15, 0.2) is 54.7 Å². The normalized spacial score (nSPS) is 15.5. The van der Waals surface area contributed by atoms with Gasteiger partial charge in [-0.3, -0.25) is 4.40 Å². The summed E-state index contributed by atoms with van der Waals surface area (Å²) in [5.74, 6) is 1.01. The molecule has 1 aliphatic carbocycles. The van der Waals surface area contributed by atoms with E-state index in [2.05, 4.69) is 50.8 Å². The number of fused-ring (bicyclic) bond motifs is 3. The second-order valence-corrected chi connectivity index (χ2v) is 8.52. The Morgan fingerprint density at radius 2 is 1.79 bits per heavy atom. The lowest BCUT2D eigenvalue weighted by atomic mass is 9.95. The summed E-state index contributed by atoms with van der Waals surface area (Å²) in [7, 11) is 0. The highest BCUT2D eigenvalue weighted by Crippen LogP contribution is 2.28. The fraction of sp³-hybridized carbons (Fsp3) is 0.375. The fourth-order valence-corrected chi connectivity index (χ4v) is 4.70. The van der Waals surface area contributed by atoms with Crippen LogP contribution >= 0.6 is 11.6 Å². The topological polar surface area (TPSA) is 34.3 Å². The number of para-hydroxylation sites is 2. The minimum Gasteiger partial charge on any atom is -0.314 e. The number of rotatable bonds is 6. The van der Waals surface area contributed by atoms with Gasteiger partial charge in [0.25, 0.3) is 0 Å². The van der Waals surface area contributed by atoms with Gasteiger partial charge in [0.15, 0.2) is 0 Å². The zero-order chi connectivity index (χ0) is 19.6. The molecule has 1 N–H and O–H groups in total. The zero-order valence-corrected chi connectivity index (χ0v) is 17.4. The molecule has 0 unspecified atom stereocenters. The average Bonchev–Trinajstić information content (AvgIpc) is 3.29. The molecule has 0 atom stereocenters. The van der Waals surface area contributed by atoms with Crippen molar-refractivity contribution in [3.63, 3.8) is 0 Å². The van der Waals surface area contributed by atoms with Crippen LogP contribution in [-0.4, -0.2) is 26.5 Å². The van der Waals surface area contributed by atoms with E-state index in [0.717, 1.165) is 41.3 Å². The van der Waals surface area contributed by atoms with Gasteiger partial charge >= 0.3 is 0 Å². The van der Waals surface area contributed by atoms with Crippen molar-refractivity contribution < 1.29 is 0 Å². The predicted molar refractivity (Wildman–Crippen MR) is 121 cm³/mol. The molecule has 150 valence electrons. The summed E-state index contributed by atoms with van der Waals surface area (Å²) in [4.78, 5) is 4.93. The van der Waals surface area contributed by atoms with Crippen LogP contribution in [0, 0.1) is 0 Å². The molecule has 2 heterocycles. The summed E-state index contributed by atoms with van der Waals surface area (Å²) < 4.78 is 4.57. The number of aryl methyl sites for hydroxylation is 1. The molecule has 1 saturated carbocycles. The number of benzene rings is 2. The first-order valence-electron chi connectivity index (χ1n) is 10.8. The molecule has 0 bridgehead atoms. The smallest absolute Gasteiger partial charge is 0.215 e. The van der Waals surface area contributed by atoms with Gasteiger partial charge in [0.1, 0.15) is 0 Å². The van der Waals surface area contributed by atoms with E-state index in [4.69, 9.17) is 16.6 Å². The monoisotopic (exact) mass is 406 g/mol. The van der Waals surface area contributed by atoms with Gasteiger partial charge in [0.2, 0.25) is 5.78 Å². The Hall–Kier alpha value is -2.30. The average molecular weight is 407 g/mol. The highest BCUT2D eigenvalue weighted by molar-refractivity contribution is 6.30. The zero-order valence-electron chi connectivity index (χ0n) is 16.6. The molecule has 0 spiro atoms. The Bertz CT molecular complexity index is 1100. The first-order chi connectivity index (χ1) is 14.3. The number of hydrogen-bond acceptors (Lipinski definition) is 2. The van der Waals surface area contributed by atoms with Crippen molar-refractivity contribution in [3.8, 4) is 11.3 Å². The minimum atomic E-state index is 0.707. The predicted octanol–water partition coefficient (Wildman–Crippen LogP) is 5.92. The van der Waals surface area contributed by atoms with E-state index in [1.54, 1.807) is 0 Å². The van der Waals surface area contributed by atoms with Gasteiger partial charge in [0, 0.05) is 23.8 Å². The molecule has 5 rings (SSSR count). The molecular weight excluding hydrogens is 380 g/mol. The molecule has 29 heavy (non-hydrogen) atoms. The number of halogens is 1. The second-order valence-electron chi connectivity index (χ2n) is 8.09. The Balaban J connectivity index is 1.44. The van der Waals surface area contributed by atoms with E-state index >= 15 is 0 Å². The summed E-state index contributed by atoms with van der Waals surface area (Å²) >= 11 is 6.12. The van der Waals surface area contributed by atoms with Crippen molar-refractivity contribution in [2.75, 3.05) is 6.54 Å². The number of nitrogens with zero attached hydrogens (tertiary/aromatic N) is 3. The summed E-state index contributed by atoms with van der Waals surface area (Å²) in [6, 6.07) is 17.1. The molecule has 1 aliphatic rings. The molecule has 0 saturated heterocycles. The lowest BCUT2D eigenvalue weighted by Gasteiger charge is -2.22. The largest absolute Gasteiger partial charge is 0.314 e. The van der Waals surface area contributed by atoms with Gasteiger partial charge in [-0.05, 0) is 55.6 Å². The van der Waals surface area contributed by atoms with Crippen LogP contribution in [0.3, 0.4) is 0 Å². The van der Waals surface area contributed by atoms with E-state index in [0.29, 0.717) is 6.04 Å². The second kappa shape index (κ2) is 8.21. The Morgan fingerprint density at radius 3 is 2.62 bits per heavy atom. The fourth-order valence-electron chi connectivity index (χ4n) is 4.57. The van der Waals surface area contributed by atoms with E-state index in [1.165, 1.54) is 43.4 Å². The first kappa shape index (κ1) is 18.7. The molecule has 4 nitrogen and oxygen atoms in total. The molecule has 2 aromatic carbocycles. The maximum atomic E-state index is 6.12. The van der Waals surface area contributed by atoms with Gasteiger partial charge in [-0.1, -0.05) is 55.1 Å². The molecule has 5 heteroatoms. The summed E-state index contributed by atoms with van der Waals surface area (Å²) in [6.45, 7) is 1.99. The Morgan fingerprint density at radius 1 is 1.00 bits per heavy atom. The van der Waals surface area contributed by atoms with Crippen LogP contribution in [0.25, 0.3) is 28.1 Å². The SMILES string of the molecule is Clc1ccc(-c2cn3c4ccccc4nc3n2CCCNC2CCCCC2)cc1. The van der Waals surface area contributed by atoms with Crippen molar-refractivity contribution in [3.05, 3.63) is 59.8 Å². The van der Waals surface area contributed by atoms with Gasteiger partial charge in [-0.25, -0.2) is 4.98 Å². The van der Waals surface area contributed by atoms with Crippen LogP contribution in [0.4, 0.5) is 0 Å². The third-order valence-electron chi connectivity index (χ3n) is 6.10. The summed E-state index contributed by atoms with van der Waals surface area (Å²) in [5, 5.41) is 4.53. The minimum absolute atomic E-state index is 0.707. The van der Waals surface area contributed by atoms with Crippen molar-refractivity contribution >= 4 is 28.4 Å². The van der Waals surface area contributed by atoms with E-state index < -0.39 is 0 Å². The van der Waals surface area contributed by atoms with E-state index in [-0.39, 0.29) is 0 Å². The van der Waals surface area contributed by atoms with Crippen molar-refractivity contribution in [2.24, 2.45) is 0 Å². The van der Waals surface area contributed by atoms with Crippen molar-refractivity contribution in [1.82, 2.24) is 19.3 Å². The molecule has 0 radical (unpaired) electrons. The lowest BCUT2D eigenvalue weighted by Crippen LogP contribution is -2.32. The summed E-state index contributed by atoms with van der Waals surface area (Å²) in [6.07, 6.45) is 10.1. The molecule has 4 aromatic rings. The van der Waals surface area contributed by atoms with Crippen molar-refractivity contribution in [1.29, 1.82) is 0 Å². The molecule has 2 aromatic heterocycles. The van der Waals surface area contributed by atoms with Gasteiger partial charge in [0.05, 0.1) is 16.7 Å². The van der Waals surface area contributed by atoms with Crippen LogP contribution in [0.1, 0.15) is 38.5 Å². The van der Waals surface area contributed by atoms with Crippen LogP contribution < -0.4 is 5.32 Å². The maximum Gasteiger partial charge on any atom is 0.215 e. The molecule has 1 fully saturated rings. The first-order valence-corrected chi connectivity index (χ1v) is 11.1. The Kier molecular flexibility index (Phi) is 5.30. The summed E-state index contributed by atoms with van der Waals surface area (Å²) in [5.41, 5.74) is 4.55. The number of nitrogens with one attached hydrogen (secondary N) is 1.